The molecule has 2 aromatic carbocycles. The third-order valence-electron chi connectivity index (χ3n) is 3.89. The van der Waals surface area contributed by atoms with Gasteiger partial charge < -0.3 is 19.0 Å². The fourth-order valence-electron chi connectivity index (χ4n) is 2.59. The third-order valence-corrected chi connectivity index (χ3v) is 3.89. The Bertz CT molecular complexity index is 909. The lowest BCUT2D eigenvalue weighted by Crippen LogP contribution is -2.04. The molecule has 0 aliphatic heterocycles. The van der Waals surface area contributed by atoms with E-state index in [2.05, 4.69) is 0 Å². The molecule has 5 heteroatoms. The highest BCUT2D eigenvalue weighted by atomic mass is 16.5. The average molecular weight is 326 g/mol. The number of ether oxygens (including phenoxy) is 2. The summed E-state index contributed by atoms with van der Waals surface area (Å²) in [7, 11) is 3.12. The standard InChI is InChI=1S/C19H18O5/c1-22-13-6-3-12(4-7-13)5-8-14-9-16(20)19-17(21)10-15(23-2)11-18(19)24-14/h3-4,6-7,9-11,21H,5,8H2,1-2H3. The third kappa shape index (κ3) is 3.20. The maximum atomic E-state index is 12.2. The number of phenols is 1. The van der Waals surface area contributed by atoms with Crippen molar-refractivity contribution in [2.45, 2.75) is 12.8 Å². The number of fused-ring (bicyclic) bond motifs is 1. The summed E-state index contributed by atoms with van der Waals surface area (Å²) in [5.41, 5.74) is 1.18. The van der Waals surface area contributed by atoms with Crippen molar-refractivity contribution >= 4 is 11.0 Å². The highest BCUT2D eigenvalue weighted by Gasteiger charge is 2.11. The van der Waals surface area contributed by atoms with Crippen molar-refractivity contribution in [2.75, 3.05) is 14.2 Å². The normalized spacial score (nSPS) is 10.8. The Kier molecular flexibility index (Phi) is 4.42. The molecule has 0 fully saturated rings. The lowest BCUT2D eigenvalue weighted by Gasteiger charge is -2.07. The van der Waals surface area contributed by atoms with E-state index in [1.54, 1.807) is 13.2 Å². The molecule has 0 radical (unpaired) electrons. The molecule has 1 heterocycles. The number of aryl methyl sites for hydroxylation is 2. The Hall–Kier alpha value is -2.95. The Morgan fingerprint density at radius 3 is 2.33 bits per heavy atom. The number of hydrogen-bond donors (Lipinski definition) is 1. The summed E-state index contributed by atoms with van der Waals surface area (Å²) in [5.74, 6) is 1.67. The maximum Gasteiger partial charge on any atom is 0.196 e. The first-order valence-electron chi connectivity index (χ1n) is 7.57. The van der Waals surface area contributed by atoms with Gasteiger partial charge in [0.05, 0.1) is 14.2 Å². The van der Waals surface area contributed by atoms with Crippen molar-refractivity contribution in [3.05, 3.63) is 64.0 Å². The first-order valence-corrected chi connectivity index (χ1v) is 7.57. The number of hydrogen-bond acceptors (Lipinski definition) is 5. The summed E-state index contributed by atoms with van der Waals surface area (Å²) in [6.45, 7) is 0. The molecular formula is C19H18O5. The molecule has 124 valence electrons. The molecule has 0 amide bonds. The Morgan fingerprint density at radius 1 is 0.958 bits per heavy atom. The first kappa shape index (κ1) is 15.9. The van der Waals surface area contributed by atoms with Crippen LogP contribution in [0.2, 0.25) is 0 Å². The van der Waals surface area contributed by atoms with E-state index in [1.165, 1.54) is 19.2 Å². The Labute approximate surface area is 139 Å². The summed E-state index contributed by atoms with van der Waals surface area (Å²) in [5, 5.41) is 10.1. The van der Waals surface area contributed by atoms with Gasteiger partial charge in [0.2, 0.25) is 0 Å². The van der Waals surface area contributed by atoms with Gasteiger partial charge >= 0.3 is 0 Å². The minimum atomic E-state index is -0.263. The maximum absolute atomic E-state index is 12.2. The molecule has 24 heavy (non-hydrogen) atoms. The van der Waals surface area contributed by atoms with Crippen LogP contribution in [0.4, 0.5) is 0 Å². The molecule has 5 nitrogen and oxygen atoms in total. The SMILES string of the molecule is COc1ccc(CCc2cc(=O)c3c(O)cc(OC)cc3o2)cc1. The van der Waals surface area contributed by atoms with Crippen LogP contribution in [0.5, 0.6) is 17.2 Å². The van der Waals surface area contributed by atoms with Crippen LogP contribution in [-0.2, 0) is 12.8 Å². The van der Waals surface area contributed by atoms with E-state index in [-0.39, 0.29) is 16.6 Å². The van der Waals surface area contributed by atoms with Gasteiger partial charge in [-0.1, -0.05) is 12.1 Å². The minimum absolute atomic E-state index is 0.139. The second kappa shape index (κ2) is 6.66. The zero-order valence-electron chi connectivity index (χ0n) is 13.5. The van der Waals surface area contributed by atoms with E-state index in [1.807, 2.05) is 24.3 Å². The number of methoxy groups -OCH3 is 2. The van der Waals surface area contributed by atoms with Gasteiger partial charge in [-0.15, -0.1) is 0 Å². The summed E-state index contributed by atoms with van der Waals surface area (Å²) in [6.07, 6.45) is 1.31. The van der Waals surface area contributed by atoms with Crippen molar-refractivity contribution in [3.63, 3.8) is 0 Å². The summed E-state index contributed by atoms with van der Waals surface area (Å²) >= 11 is 0. The van der Waals surface area contributed by atoms with Gasteiger partial charge in [-0.05, 0) is 24.1 Å². The zero-order valence-corrected chi connectivity index (χ0v) is 13.5. The molecule has 0 unspecified atom stereocenters. The molecule has 0 spiro atoms. The predicted octanol–water partition coefficient (Wildman–Crippen LogP) is 3.30. The molecule has 0 aliphatic rings. The Morgan fingerprint density at radius 2 is 1.67 bits per heavy atom. The molecule has 0 bridgehead atoms. The van der Waals surface area contributed by atoms with Crippen LogP contribution in [0.25, 0.3) is 11.0 Å². The number of aromatic hydroxyl groups is 1. The van der Waals surface area contributed by atoms with Crippen LogP contribution in [-0.4, -0.2) is 19.3 Å². The molecular weight excluding hydrogens is 308 g/mol. The van der Waals surface area contributed by atoms with E-state index in [0.717, 1.165) is 17.7 Å². The topological polar surface area (TPSA) is 68.9 Å². The molecule has 0 aliphatic carbocycles. The number of phenolic OH excluding ortho intramolecular Hbond substituents is 1. The van der Waals surface area contributed by atoms with Gasteiger partial charge in [0.15, 0.2) is 5.43 Å². The fourth-order valence-corrected chi connectivity index (χ4v) is 2.59. The molecule has 1 N–H and O–H groups in total. The summed E-state index contributed by atoms with van der Waals surface area (Å²) < 4.78 is 16.0. The van der Waals surface area contributed by atoms with Crippen LogP contribution in [0.15, 0.2) is 51.7 Å². The number of benzene rings is 2. The van der Waals surface area contributed by atoms with Crippen LogP contribution in [0.3, 0.4) is 0 Å². The fraction of sp³-hybridized carbons (Fsp3) is 0.211. The highest BCUT2D eigenvalue weighted by molar-refractivity contribution is 5.84. The van der Waals surface area contributed by atoms with Crippen molar-refractivity contribution in [3.8, 4) is 17.2 Å². The van der Waals surface area contributed by atoms with Gasteiger partial charge in [0.25, 0.3) is 0 Å². The van der Waals surface area contributed by atoms with E-state index < -0.39 is 0 Å². The lowest BCUT2D eigenvalue weighted by atomic mass is 10.1. The zero-order chi connectivity index (χ0) is 17.1. The largest absolute Gasteiger partial charge is 0.507 e. The molecule has 0 atom stereocenters. The Balaban J connectivity index is 1.88. The van der Waals surface area contributed by atoms with Gasteiger partial charge in [0, 0.05) is 24.6 Å². The molecule has 3 aromatic rings. The highest BCUT2D eigenvalue weighted by Crippen LogP contribution is 2.28. The van der Waals surface area contributed by atoms with Gasteiger partial charge in [-0.25, -0.2) is 0 Å². The lowest BCUT2D eigenvalue weighted by molar-refractivity contribution is 0.407. The molecule has 3 rings (SSSR count). The predicted molar refractivity (Wildman–Crippen MR) is 91.1 cm³/mol. The minimum Gasteiger partial charge on any atom is -0.507 e. The van der Waals surface area contributed by atoms with E-state index >= 15 is 0 Å². The van der Waals surface area contributed by atoms with Gasteiger partial charge in [-0.2, -0.15) is 0 Å². The molecule has 0 saturated carbocycles. The van der Waals surface area contributed by atoms with Gasteiger partial charge in [0.1, 0.15) is 34.0 Å². The smallest absolute Gasteiger partial charge is 0.196 e. The second-order valence-corrected chi connectivity index (χ2v) is 5.44. The van der Waals surface area contributed by atoms with Crippen molar-refractivity contribution in [1.82, 2.24) is 0 Å². The van der Waals surface area contributed by atoms with E-state index in [0.29, 0.717) is 23.5 Å². The van der Waals surface area contributed by atoms with Crippen LogP contribution >= 0.6 is 0 Å². The molecule has 1 aromatic heterocycles. The van der Waals surface area contributed by atoms with Crippen molar-refractivity contribution in [2.24, 2.45) is 0 Å². The van der Waals surface area contributed by atoms with Crippen molar-refractivity contribution < 1.29 is 19.0 Å². The summed E-state index contributed by atoms with van der Waals surface area (Å²) in [6, 6.07) is 12.2. The second-order valence-electron chi connectivity index (χ2n) is 5.44. The van der Waals surface area contributed by atoms with E-state index in [4.69, 9.17) is 13.9 Å². The van der Waals surface area contributed by atoms with E-state index in [9.17, 15) is 9.90 Å². The monoisotopic (exact) mass is 326 g/mol. The van der Waals surface area contributed by atoms with Crippen LogP contribution < -0.4 is 14.9 Å². The quantitative estimate of drug-likeness (QED) is 0.779. The van der Waals surface area contributed by atoms with Crippen LogP contribution in [0.1, 0.15) is 11.3 Å². The average Bonchev–Trinajstić information content (AvgIpc) is 2.59. The first-order chi connectivity index (χ1) is 11.6. The van der Waals surface area contributed by atoms with Crippen molar-refractivity contribution in [1.29, 1.82) is 0 Å². The summed E-state index contributed by atoms with van der Waals surface area (Å²) in [4.78, 5) is 12.2. The molecule has 0 saturated heterocycles. The van der Waals surface area contributed by atoms with Crippen LogP contribution in [0, 0.1) is 0 Å². The number of rotatable bonds is 5. The van der Waals surface area contributed by atoms with Gasteiger partial charge in [-0.3, -0.25) is 4.79 Å².